The Balaban J connectivity index is 1.75. The van der Waals surface area contributed by atoms with E-state index in [1.165, 1.54) is 0 Å². The molecule has 0 atom stereocenters. The molecule has 0 saturated carbocycles. The van der Waals surface area contributed by atoms with Crippen LogP contribution in [0.4, 0.5) is 0 Å². The molecule has 1 heterocycles. The van der Waals surface area contributed by atoms with Gasteiger partial charge in [-0.2, -0.15) is 0 Å². The Kier molecular flexibility index (Phi) is 3.55. The molecule has 0 fully saturated rings. The van der Waals surface area contributed by atoms with Gasteiger partial charge in [-0.1, -0.05) is 36.4 Å². The fourth-order valence-corrected chi connectivity index (χ4v) is 2.31. The summed E-state index contributed by atoms with van der Waals surface area (Å²) < 4.78 is 0. The van der Waals surface area contributed by atoms with E-state index in [1.54, 1.807) is 12.4 Å². The Morgan fingerprint density at radius 1 is 0.900 bits per heavy atom. The molecule has 2 heteroatoms. The first kappa shape index (κ1) is 12.5. The van der Waals surface area contributed by atoms with E-state index in [-0.39, 0.29) is 5.78 Å². The van der Waals surface area contributed by atoms with Gasteiger partial charge in [0, 0.05) is 24.4 Å². The first-order chi connectivity index (χ1) is 9.83. The fourth-order valence-electron chi connectivity index (χ4n) is 2.31. The van der Waals surface area contributed by atoms with Gasteiger partial charge in [0.05, 0.1) is 0 Å². The predicted molar refractivity (Wildman–Crippen MR) is 80.8 cm³/mol. The molecule has 0 unspecified atom stereocenters. The lowest BCUT2D eigenvalue weighted by Gasteiger charge is -2.04. The summed E-state index contributed by atoms with van der Waals surface area (Å²) in [6.45, 7) is 0. The second-order valence-corrected chi connectivity index (χ2v) is 4.84. The van der Waals surface area contributed by atoms with Crippen LogP contribution in [0.3, 0.4) is 0 Å². The van der Waals surface area contributed by atoms with Gasteiger partial charge < -0.3 is 0 Å². The first-order valence-corrected chi connectivity index (χ1v) is 6.74. The summed E-state index contributed by atoms with van der Waals surface area (Å²) in [5, 5.41) is 2.28. The molecule has 0 amide bonds. The van der Waals surface area contributed by atoms with Gasteiger partial charge in [0.25, 0.3) is 0 Å². The van der Waals surface area contributed by atoms with Crippen molar-refractivity contribution in [2.75, 3.05) is 0 Å². The highest BCUT2D eigenvalue weighted by Crippen LogP contribution is 2.17. The summed E-state index contributed by atoms with van der Waals surface area (Å²) in [4.78, 5) is 16.2. The summed E-state index contributed by atoms with van der Waals surface area (Å²) in [6.07, 6.45) is 4.81. The molecule has 3 aromatic rings. The number of aryl methyl sites for hydroxylation is 1. The van der Waals surface area contributed by atoms with Gasteiger partial charge in [-0.15, -0.1) is 0 Å². The van der Waals surface area contributed by atoms with Crippen LogP contribution in [-0.4, -0.2) is 10.8 Å². The zero-order chi connectivity index (χ0) is 13.8. The van der Waals surface area contributed by atoms with E-state index in [1.807, 2.05) is 48.5 Å². The molecule has 0 radical (unpaired) electrons. The van der Waals surface area contributed by atoms with Crippen molar-refractivity contribution in [2.24, 2.45) is 0 Å². The highest BCUT2D eigenvalue weighted by molar-refractivity contribution is 6.00. The summed E-state index contributed by atoms with van der Waals surface area (Å²) in [5.74, 6) is 0.188. The monoisotopic (exact) mass is 261 g/mol. The quantitative estimate of drug-likeness (QED) is 0.663. The number of ketones is 1. The Bertz CT molecular complexity index is 735. The van der Waals surface area contributed by atoms with Gasteiger partial charge in [0.1, 0.15) is 0 Å². The molecule has 2 aromatic carbocycles. The normalized spacial score (nSPS) is 10.6. The zero-order valence-electron chi connectivity index (χ0n) is 11.1. The van der Waals surface area contributed by atoms with Gasteiger partial charge in [0.2, 0.25) is 0 Å². The minimum Gasteiger partial charge on any atom is -0.294 e. The van der Waals surface area contributed by atoms with E-state index in [0.29, 0.717) is 6.42 Å². The molecule has 0 saturated heterocycles. The SMILES string of the molecule is O=C(CCc1ccncc1)c1ccc2ccccc2c1. The van der Waals surface area contributed by atoms with E-state index in [0.717, 1.165) is 28.3 Å². The molecule has 0 aliphatic carbocycles. The number of hydrogen-bond acceptors (Lipinski definition) is 2. The van der Waals surface area contributed by atoms with Crippen molar-refractivity contribution in [1.29, 1.82) is 0 Å². The number of pyridine rings is 1. The predicted octanol–water partition coefficient (Wildman–Crippen LogP) is 4.05. The Labute approximate surface area is 118 Å². The Morgan fingerprint density at radius 3 is 2.45 bits per heavy atom. The first-order valence-electron chi connectivity index (χ1n) is 6.74. The van der Waals surface area contributed by atoms with Crippen LogP contribution in [0.1, 0.15) is 22.3 Å². The topological polar surface area (TPSA) is 30.0 Å². The van der Waals surface area contributed by atoms with Crippen LogP contribution < -0.4 is 0 Å². The Morgan fingerprint density at radius 2 is 1.65 bits per heavy atom. The van der Waals surface area contributed by atoms with Crippen molar-refractivity contribution < 1.29 is 4.79 Å². The van der Waals surface area contributed by atoms with Crippen LogP contribution >= 0.6 is 0 Å². The van der Waals surface area contributed by atoms with Gasteiger partial charge in [-0.25, -0.2) is 0 Å². The van der Waals surface area contributed by atoms with E-state index in [4.69, 9.17) is 0 Å². The molecule has 0 bridgehead atoms. The van der Waals surface area contributed by atoms with Crippen LogP contribution in [0.15, 0.2) is 67.0 Å². The van der Waals surface area contributed by atoms with Crippen LogP contribution in [0.2, 0.25) is 0 Å². The number of carbonyl (C=O) groups is 1. The minimum atomic E-state index is 0.188. The van der Waals surface area contributed by atoms with E-state index < -0.39 is 0 Å². The summed E-state index contributed by atoms with van der Waals surface area (Å²) >= 11 is 0. The third-order valence-corrected chi connectivity index (χ3v) is 3.46. The number of hydrogen-bond donors (Lipinski definition) is 0. The van der Waals surface area contributed by atoms with Crippen LogP contribution in [0.5, 0.6) is 0 Å². The molecular formula is C18H15NO. The maximum Gasteiger partial charge on any atom is 0.163 e. The zero-order valence-corrected chi connectivity index (χ0v) is 11.1. The van der Waals surface area contributed by atoms with E-state index in [9.17, 15) is 4.79 Å². The molecule has 1 aromatic heterocycles. The molecule has 0 spiro atoms. The number of Topliss-reactive ketones (excluding diaryl/α,β-unsaturated/α-hetero) is 1. The number of benzene rings is 2. The number of fused-ring (bicyclic) bond motifs is 1. The van der Waals surface area contributed by atoms with Gasteiger partial charge in [0.15, 0.2) is 5.78 Å². The van der Waals surface area contributed by atoms with Crippen molar-refractivity contribution in [3.05, 3.63) is 78.1 Å². The summed E-state index contributed by atoms with van der Waals surface area (Å²) in [7, 11) is 0. The number of carbonyl (C=O) groups excluding carboxylic acids is 1. The third-order valence-electron chi connectivity index (χ3n) is 3.46. The fraction of sp³-hybridized carbons (Fsp3) is 0.111. The van der Waals surface area contributed by atoms with Crippen molar-refractivity contribution in [3.8, 4) is 0 Å². The molecule has 3 rings (SSSR count). The lowest BCUT2D eigenvalue weighted by atomic mass is 10.0. The standard InChI is InChI=1S/C18H15NO/c20-18(8-5-14-9-11-19-12-10-14)17-7-6-15-3-1-2-4-16(15)13-17/h1-4,6-7,9-13H,5,8H2. The third kappa shape index (κ3) is 2.75. The maximum absolute atomic E-state index is 12.2. The molecule has 20 heavy (non-hydrogen) atoms. The number of aromatic nitrogens is 1. The Hall–Kier alpha value is -2.48. The van der Waals surface area contributed by atoms with Crippen molar-refractivity contribution >= 4 is 16.6 Å². The minimum absolute atomic E-state index is 0.188. The number of rotatable bonds is 4. The van der Waals surface area contributed by atoms with Crippen LogP contribution in [0.25, 0.3) is 10.8 Å². The molecule has 0 aliphatic rings. The van der Waals surface area contributed by atoms with Gasteiger partial charge in [-0.05, 0) is 41.0 Å². The lowest BCUT2D eigenvalue weighted by Crippen LogP contribution is -2.01. The van der Waals surface area contributed by atoms with Gasteiger partial charge >= 0.3 is 0 Å². The maximum atomic E-state index is 12.2. The van der Waals surface area contributed by atoms with Crippen molar-refractivity contribution in [2.45, 2.75) is 12.8 Å². The van der Waals surface area contributed by atoms with Crippen LogP contribution in [0, 0.1) is 0 Å². The van der Waals surface area contributed by atoms with E-state index in [2.05, 4.69) is 11.1 Å². The molecule has 98 valence electrons. The van der Waals surface area contributed by atoms with E-state index >= 15 is 0 Å². The average molecular weight is 261 g/mol. The van der Waals surface area contributed by atoms with Gasteiger partial charge in [-0.3, -0.25) is 9.78 Å². The largest absolute Gasteiger partial charge is 0.294 e. The van der Waals surface area contributed by atoms with Crippen molar-refractivity contribution in [3.63, 3.8) is 0 Å². The molecule has 2 nitrogen and oxygen atoms in total. The van der Waals surface area contributed by atoms with Crippen LogP contribution in [-0.2, 0) is 6.42 Å². The highest BCUT2D eigenvalue weighted by Gasteiger charge is 2.06. The highest BCUT2D eigenvalue weighted by atomic mass is 16.1. The molecule has 0 aliphatic heterocycles. The van der Waals surface area contributed by atoms with Crippen molar-refractivity contribution in [1.82, 2.24) is 4.98 Å². The number of nitrogens with zero attached hydrogens (tertiary/aromatic N) is 1. The second-order valence-electron chi connectivity index (χ2n) is 4.84. The average Bonchev–Trinajstić information content (AvgIpc) is 2.53. The lowest BCUT2D eigenvalue weighted by molar-refractivity contribution is 0.0983. The summed E-state index contributed by atoms with van der Waals surface area (Å²) in [6, 6.07) is 17.9. The second kappa shape index (κ2) is 5.66. The smallest absolute Gasteiger partial charge is 0.163 e. The summed E-state index contributed by atoms with van der Waals surface area (Å²) in [5.41, 5.74) is 1.94. The molecular weight excluding hydrogens is 246 g/mol. The molecule has 0 N–H and O–H groups in total.